The fourth-order valence-electron chi connectivity index (χ4n) is 2.85. The lowest BCUT2D eigenvalue weighted by Gasteiger charge is -2.11. The highest BCUT2D eigenvalue weighted by atomic mass is 32.1. The quantitative estimate of drug-likeness (QED) is 0.377. The summed E-state index contributed by atoms with van der Waals surface area (Å²) in [6.45, 7) is 6.52. The maximum absolute atomic E-state index is 11.7. The highest BCUT2D eigenvalue weighted by Crippen LogP contribution is 2.18. The van der Waals surface area contributed by atoms with Crippen LogP contribution in [0.15, 0.2) is 35.5 Å². The van der Waals surface area contributed by atoms with Crippen LogP contribution in [0, 0.1) is 6.92 Å². The summed E-state index contributed by atoms with van der Waals surface area (Å²) in [5.41, 5.74) is 1.20. The van der Waals surface area contributed by atoms with Gasteiger partial charge in [0.25, 0.3) is 5.91 Å². The Morgan fingerprint density at radius 1 is 1.23 bits per heavy atom. The van der Waals surface area contributed by atoms with E-state index >= 15 is 0 Å². The van der Waals surface area contributed by atoms with Crippen LogP contribution < -0.4 is 20.7 Å². The van der Waals surface area contributed by atoms with E-state index in [1.54, 1.807) is 11.3 Å². The summed E-state index contributed by atoms with van der Waals surface area (Å²) in [6, 6.07) is 8.25. The first-order valence-corrected chi connectivity index (χ1v) is 11.4. The van der Waals surface area contributed by atoms with Crippen LogP contribution in [-0.4, -0.2) is 49.1 Å². The molecule has 1 fully saturated rings. The fourth-order valence-corrected chi connectivity index (χ4v) is 3.62. The zero-order valence-electron chi connectivity index (χ0n) is 17.7. The van der Waals surface area contributed by atoms with E-state index in [-0.39, 0.29) is 12.5 Å². The van der Waals surface area contributed by atoms with Gasteiger partial charge in [0.15, 0.2) is 12.6 Å². The number of aliphatic imine (C=N–C) groups is 1. The van der Waals surface area contributed by atoms with Gasteiger partial charge in [0.2, 0.25) is 0 Å². The van der Waals surface area contributed by atoms with Gasteiger partial charge in [0, 0.05) is 43.2 Å². The Bertz CT molecular complexity index is 830. The number of hydrogen-bond acceptors (Lipinski definition) is 5. The van der Waals surface area contributed by atoms with Crippen LogP contribution in [0.4, 0.5) is 0 Å². The summed E-state index contributed by atoms with van der Waals surface area (Å²) in [5, 5.41) is 10.7. The molecule has 0 unspecified atom stereocenters. The predicted molar refractivity (Wildman–Crippen MR) is 121 cm³/mol. The number of thiazole rings is 1. The van der Waals surface area contributed by atoms with Crippen LogP contribution in [0.2, 0.25) is 0 Å². The summed E-state index contributed by atoms with van der Waals surface area (Å²) >= 11 is 1.73. The standard InChI is InChI=1S/C22H31N5O2S/c1-3-23-22(25-13-11-21-26-14-16(2)30-21)24-12-10-17-4-8-19(9-5-17)29-15-20(28)27-18-6-7-18/h4-5,8-9,14,18H,3,6-7,10-13,15H2,1-2H3,(H,27,28)(H2,23,24,25). The molecule has 0 saturated heterocycles. The largest absolute Gasteiger partial charge is 0.484 e. The van der Waals surface area contributed by atoms with E-state index in [0.29, 0.717) is 18.3 Å². The lowest BCUT2D eigenvalue weighted by Crippen LogP contribution is -2.38. The first-order valence-electron chi connectivity index (χ1n) is 10.6. The Kier molecular flexibility index (Phi) is 8.50. The van der Waals surface area contributed by atoms with E-state index in [0.717, 1.165) is 49.7 Å². The summed E-state index contributed by atoms with van der Waals surface area (Å²) in [4.78, 5) is 21.9. The third-order valence-corrected chi connectivity index (χ3v) is 5.52. The van der Waals surface area contributed by atoms with E-state index in [1.807, 2.05) is 30.5 Å². The number of aryl methyl sites for hydroxylation is 1. The minimum absolute atomic E-state index is 0.0500. The van der Waals surface area contributed by atoms with E-state index in [9.17, 15) is 4.79 Å². The Balaban J connectivity index is 1.37. The number of hydrogen-bond donors (Lipinski definition) is 3. The van der Waals surface area contributed by atoms with Gasteiger partial charge in [-0.1, -0.05) is 12.1 Å². The maximum Gasteiger partial charge on any atom is 0.258 e. The predicted octanol–water partition coefficient (Wildman–Crippen LogP) is 2.45. The molecule has 7 nitrogen and oxygen atoms in total. The van der Waals surface area contributed by atoms with Gasteiger partial charge in [-0.25, -0.2) is 4.98 Å². The van der Waals surface area contributed by atoms with Gasteiger partial charge in [-0.15, -0.1) is 11.3 Å². The topological polar surface area (TPSA) is 87.6 Å². The van der Waals surface area contributed by atoms with E-state index in [4.69, 9.17) is 4.74 Å². The average Bonchev–Trinajstić information content (AvgIpc) is 3.45. The van der Waals surface area contributed by atoms with Crippen molar-refractivity contribution in [3.8, 4) is 5.75 Å². The van der Waals surface area contributed by atoms with Gasteiger partial charge in [0.1, 0.15) is 5.75 Å². The van der Waals surface area contributed by atoms with Gasteiger partial charge in [-0.3, -0.25) is 9.79 Å². The van der Waals surface area contributed by atoms with Crippen LogP contribution in [0.3, 0.4) is 0 Å². The number of carbonyl (C=O) groups excluding carboxylic acids is 1. The van der Waals surface area contributed by atoms with Crippen molar-refractivity contribution >= 4 is 23.2 Å². The van der Waals surface area contributed by atoms with E-state index < -0.39 is 0 Å². The number of amides is 1. The van der Waals surface area contributed by atoms with Crippen LogP contribution in [0.25, 0.3) is 0 Å². The molecule has 1 aromatic carbocycles. The van der Waals surface area contributed by atoms with Crippen molar-refractivity contribution in [2.75, 3.05) is 26.2 Å². The molecule has 1 aliphatic rings. The Labute approximate surface area is 182 Å². The second kappa shape index (κ2) is 11.5. The van der Waals surface area contributed by atoms with Gasteiger partial charge in [-0.2, -0.15) is 0 Å². The molecular weight excluding hydrogens is 398 g/mol. The SMILES string of the molecule is CCNC(=NCCc1ncc(C)s1)NCCc1ccc(OCC(=O)NC2CC2)cc1. The Morgan fingerprint density at radius 3 is 2.70 bits per heavy atom. The molecule has 1 aromatic heterocycles. The fraction of sp³-hybridized carbons (Fsp3) is 0.500. The van der Waals surface area contributed by atoms with Crippen molar-refractivity contribution in [3.63, 3.8) is 0 Å². The molecule has 162 valence electrons. The van der Waals surface area contributed by atoms with Crippen molar-refractivity contribution in [2.24, 2.45) is 4.99 Å². The Hall–Kier alpha value is -2.61. The smallest absolute Gasteiger partial charge is 0.258 e. The normalized spacial score (nSPS) is 13.7. The lowest BCUT2D eigenvalue weighted by molar-refractivity contribution is -0.123. The molecule has 8 heteroatoms. The zero-order chi connectivity index (χ0) is 21.2. The third kappa shape index (κ3) is 8.02. The second-order valence-electron chi connectivity index (χ2n) is 7.33. The molecule has 0 atom stereocenters. The van der Waals surface area contributed by atoms with Crippen molar-refractivity contribution in [2.45, 2.75) is 45.6 Å². The molecular formula is C22H31N5O2S. The summed E-state index contributed by atoms with van der Waals surface area (Å²) in [6.07, 6.45) is 5.81. The first-order chi connectivity index (χ1) is 14.6. The van der Waals surface area contributed by atoms with Gasteiger partial charge in [0.05, 0.1) is 5.01 Å². The lowest BCUT2D eigenvalue weighted by atomic mass is 10.1. The van der Waals surface area contributed by atoms with E-state index in [2.05, 4.69) is 39.8 Å². The zero-order valence-corrected chi connectivity index (χ0v) is 18.6. The maximum atomic E-state index is 11.7. The molecule has 0 aliphatic heterocycles. The van der Waals surface area contributed by atoms with Crippen molar-refractivity contribution in [1.82, 2.24) is 20.9 Å². The molecule has 1 saturated carbocycles. The van der Waals surface area contributed by atoms with Crippen molar-refractivity contribution in [1.29, 1.82) is 0 Å². The molecule has 3 N–H and O–H groups in total. The molecule has 2 aromatic rings. The van der Waals surface area contributed by atoms with E-state index in [1.165, 1.54) is 10.4 Å². The molecule has 1 aliphatic carbocycles. The van der Waals surface area contributed by atoms with Crippen molar-refractivity contribution < 1.29 is 9.53 Å². The summed E-state index contributed by atoms with van der Waals surface area (Å²) < 4.78 is 5.55. The minimum atomic E-state index is -0.0500. The highest BCUT2D eigenvalue weighted by Gasteiger charge is 2.23. The number of aromatic nitrogens is 1. The number of guanidine groups is 1. The van der Waals surface area contributed by atoms with Crippen LogP contribution in [-0.2, 0) is 17.6 Å². The first kappa shape index (κ1) is 22.1. The van der Waals surface area contributed by atoms with Crippen LogP contribution in [0.1, 0.15) is 35.2 Å². The van der Waals surface area contributed by atoms with Gasteiger partial charge in [-0.05, 0) is 50.8 Å². The van der Waals surface area contributed by atoms with Crippen LogP contribution >= 0.6 is 11.3 Å². The molecule has 0 bridgehead atoms. The number of nitrogens with one attached hydrogen (secondary N) is 3. The number of benzene rings is 1. The molecule has 0 radical (unpaired) electrons. The van der Waals surface area contributed by atoms with Gasteiger partial charge >= 0.3 is 0 Å². The molecule has 1 heterocycles. The van der Waals surface area contributed by atoms with Crippen molar-refractivity contribution in [3.05, 3.63) is 45.9 Å². The summed E-state index contributed by atoms with van der Waals surface area (Å²) in [5.74, 6) is 1.49. The Morgan fingerprint density at radius 2 is 2.03 bits per heavy atom. The second-order valence-corrected chi connectivity index (χ2v) is 8.65. The average molecular weight is 430 g/mol. The number of rotatable bonds is 11. The molecule has 30 heavy (non-hydrogen) atoms. The number of carbonyl (C=O) groups is 1. The summed E-state index contributed by atoms with van der Waals surface area (Å²) in [7, 11) is 0. The van der Waals surface area contributed by atoms with Crippen LogP contribution in [0.5, 0.6) is 5.75 Å². The highest BCUT2D eigenvalue weighted by molar-refractivity contribution is 7.11. The minimum Gasteiger partial charge on any atom is -0.484 e. The number of ether oxygens (including phenoxy) is 1. The number of nitrogens with zero attached hydrogens (tertiary/aromatic N) is 2. The molecule has 3 rings (SSSR count). The molecule has 1 amide bonds. The monoisotopic (exact) mass is 429 g/mol. The molecule has 0 spiro atoms. The third-order valence-electron chi connectivity index (χ3n) is 4.55. The van der Waals surface area contributed by atoms with Gasteiger partial charge < -0.3 is 20.7 Å².